The molecule has 2 heterocycles. The molecule has 10 heteroatoms. The Hall–Kier alpha value is -3.23. The molecule has 0 fully saturated rings. The summed E-state index contributed by atoms with van der Waals surface area (Å²) in [4.78, 5) is 29.8. The highest BCUT2D eigenvalue weighted by molar-refractivity contribution is 6.38. The van der Waals surface area contributed by atoms with Crippen molar-refractivity contribution in [2.75, 3.05) is 11.1 Å². The molecule has 4 aromatic rings. The van der Waals surface area contributed by atoms with Crippen LogP contribution in [-0.2, 0) is 13.0 Å². The van der Waals surface area contributed by atoms with Crippen molar-refractivity contribution in [3.8, 4) is 0 Å². The number of anilines is 3. The van der Waals surface area contributed by atoms with Gasteiger partial charge in [-0.25, -0.2) is 4.98 Å². The van der Waals surface area contributed by atoms with Crippen LogP contribution in [0.5, 0.6) is 0 Å². The van der Waals surface area contributed by atoms with E-state index in [1.165, 1.54) is 17.0 Å². The van der Waals surface area contributed by atoms with Crippen molar-refractivity contribution in [1.29, 1.82) is 0 Å². The zero-order valence-electron chi connectivity index (χ0n) is 15.9. The van der Waals surface area contributed by atoms with Gasteiger partial charge in [-0.15, -0.1) is 0 Å². The SMILES string of the molecule is CCc1ccccc1Nc1nc(N)nc(Cn2cnc3c(Cl)cc(Cl)cc3c2=O)n1. The fourth-order valence-electron chi connectivity index (χ4n) is 3.10. The standard InChI is InChI=1S/C20H17Cl2N7O/c1-2-11-5-3-4-6-15(11)25-20-27-16(26-19(23)28-20)9-29-10-24-17-13(18(29)30)7-12(21)8-14(17)22/h3-8,10H,2,9H2,1H3,(H3,23,25,26,27,28). The number of nitrogens with one attached hydrogen (secondary N) is 1. The molecule has 3 N–H and O–H groups in total. The number of aromatic nitrogens is 5. The third kappa shape index (κ3) is 4.05. The molecule has 0 unspecified atom stereocenters. The number of nitrogens with zero attached hydrogens (tertiary/aromatic N) is 5. The molecule has 4 rings (SSSR count). The molecule has 152 valence electrons. The van der Waals surface area contributed by atoms with E-state index in [2.05, 4.69) is 32.2 Å². The van der Waals surface area contributed by atoms with Gasteiger partial charge in [0.15, 0.2) is 5.82 Å². The van der Waals surface area contributed by atoms with Crippen LogP contribution in [-0.4, -0.2) is 24.5 Å². The molecular weight excluding hydrogens is 425 g/mol. The van der Waals surface area contributed by atoms with E-state index in [-0.39, 0.29) is 18.1 Å². The molecule has 0 aliphatic heterocycles. The summed E-state index contributed by atoms with van der Waals surface area (Å²) in [7, 11) is 0. The van der Waals surface area contributed by atoms with Gasteiger partial charge in [0, 0.05) is 10.7 Å². The molecule has 2 aromatic heterocycles. The highest BCUT2D eigenvalue weighted by Gasteiger charge is 2.12. The number of rotatable bonds is 5. The van der Waals surface area contributed by atoms with E-state index in [1.54, 1.807) is 6.07 Å². The van der Waals surface area contributed by atoms with E-state index in [4.69, 9.17) is 28.9 Å². The van der Waals surface area contributed by atoms with Crippen molar-refractivity contribution in [1.82, 2.24) is 24.5 Å². The monoisotopic (exact) mass is 441 g/mol. The smallest absolute Gasteiger partial charge is 0.261 e. The molecule has 0 bridgehead atoms. The maximum atomic E-state index is 12.9. The molecule has 0 aliphatic carbocycles. The van der Waals surface area contributed by atoms with Crippen molar-refractivity contribution in [3.05, 3.63) is 74.5 Å². The Kier molecular flexibility index (Phi) is 5.52. The largest absolute Gasteiger partial charge is 0.368 e. The van der Waals surface area contributed by atoms with Crippen LogP contribution < -0.4 is 16.6 Å². The summed E-state index contributed by atoms with van der Waals surface area (Å²) in [6, 6.07) is 10.9. The molecule has 0 radical (unpaired) electrons. The van der Waals surface area contributed by atoms with Gasteiger partial charge in [0.1, 0.15) is 0 Å². The second-order valence-corrected chi connectivity index (χ2v) is 7.37. The first-order valence-corrected chi connectivity index (χ1v) is 9.89. The molecular formula is C20H17Cl2N7O. The summed E-state index contributed by atoms with van der Waals surface area (Å²) < 4.78 is 1.37. The van der Waals surface area contributed by atoms with Gasteiger partial charge in [-0.2, -0.15) is 15.0 Å². The number of fused-ring (bicyclic) bond motifs is 1. The van der Waals surface area contributed by atoms with Crippen molar-refractivity contribution in [2.24, 2.45) is 0 Å². The number of para-hydroxylation sites is 1. The Morgan fingerprint density at radius 2 is 1.93 bits per heavy atom. The molecule has 0 amide bonds. The highest BCUT2D eigenvalue weighted by atomic mass is 35.5. The zero-order chi connectivity index (χ0) is 21.3. The molecule has 0 spiro atoms. The summed E-state index contributed by atoms with van der Waals surface area (Å²) in [5, 5.41) is 4.15. The van der Waals surface area contributed by atoms with Gasteiger partial charge in [-0.1, -0.05) is 48.3 Å². The van der Waals surface area contributed by atoms with E-state index in [9.17, 15) is 4.79 Å². The summed E-state index contributed by atoms with van der Waals surface area (Å²) in [6.07, 6.45) is 2.24. The van der Waals surface area contributed by atoms with E-state index in [0.717, 1.165) is 17.7 Å². The fraction of sp³-hybridized carbons (Fsp3) is 0.150. The lowest BCUT2D eigenvalue weighted by molar-refractivity contribution is 0.704. The van der Waals surface area contributed by atoms with Gasteiger partial charge in [-0.3, -0.25) is 9.36 Å². The molecule has 0 atom stereocenters. The van der Waals surface area contributed by atoms with Crippen molar-refractivity contribution in [2.45, 2.75) is 19.9 Å². The topological polar surface area (TPSA) is 112 Å². The predicted octanol–water partition coefficient (Wildman–Crippen LogP) is 3.82. The Bertz CT molecular complexity index is 1310. The number of aryl methyl sites for hydroxylation is 1. The minimum atomic E-state index is -0.311. The van der Waals surface area contributed by atoms with Crippen LogP contribution in [0.4, 0.5) is 17.6 Å². The fourth-order valence-corrected chi connectivity index (χ4v) is 3.64. The summed E-state index contributed by atoms with van der Waals surface area (Å²) in [5.74, 6) is 0.658. The normalized spacial score (nSPS) is 11.0. The van der Waals surface area contributed by atoms with E-state index >= 15 is 0 Å². The minimum absolute atomic E-state index is 0.0457. The van der Waals surface area contributed by atoms with E-state index in [1.807, 2.05) is 24.3 Å². The van der Waals surface area contributed by atoms with Crippen LogP contribution >= 0.6 is 23.2 Å². The average molecular weight is 442 g/mol. The third-order valence-electron chi connectivity index (χ3n) is 4.50. The van der Waals surface area contributed by atoms with Gasteiger partial charge in [-0.05, 0) is 30.2 Å². The molecule has 0 saturated heterocycles. The average Bonchev–Trinajstić information content (AvgIpc) is 2.70. The third-order valence-corrected chi connectivity index (χ3v) is 5.01. The molecule has 0 saturated carbocycles. The van der Waals surface area contributed by atoms with Crippen LogP contribution in [0.1, 0.15) is 18.3 Å². The number of halogens is 2. The molecule has 8 nitrogen and oxygen atoms in total. The van der Waals surface area contributed by atoms with Crippen LogP contribution in [0.15, 0.2) is 47.5 Å². The number of nitrogen functional groups attached to an aromatic ring is 1. The number of hydrogen-bond acceptors (Lipinski definition) is 7. The number of nitrogens with two attached hydrogens (primary N) is 1. The maximum absolute atomic E-state index is 12.9. The molecule has 0 aliphatic rings. The summed E-state index contributed by atoms with van der Waals surface area (Å²) in [6.45, 7) is 2.12. The second kappa shape index (κ2) is 8.25. The molecule has 2 aromatic carbocycles. The quantitative estimate of drug-likeness (QED) is 0.483. The number of hydrogen-bond donors (Lipinski definition) is 2. The van der Waals surface area contributed by atoms with E-state index in [0.29, 0.717) is 32.7 Å². The highest BCUT2D eigenvalue weighted by Crippen LogP contribution is 2.24. The molecule has 30 heavy (non-hydrogen) atoms. The Morgan fingerprint density at radius 1 is 1.13 bits per heavy atom. The van der Waals surface area contributed by atoms with Crippen molar-refractivity contribution < 1.29 is 0 Å². The number of benzene rings is 2. The first kappa shape index (κ1) is 20.1. The van der Waals surface area contributed by atoms with Gasteiger partial charge in [0.2, 0.25) is 11.9 Å². The lowest BCUT2D eigenvalue weighted by Gasteiger charge is -2.11. The predicted molar refractivity (Wildman–Crippen MR) is 118 cm³/mol. The van der Waals surface area contributed by atoms with Crippen molar-refractivity contribution in [3.63, 3.8) is 0 Å². The van der Waals surface area contributed by atoms with Gasteiger partial charge >= 0.3 is 0 Å². The van der Waals surface area contributed by atoms with Crippen LogP contribution in [0.3, 0.4) is 0 Å². The summed E-state index contributed by atoms with van der Waals surface area (Å²) >= 11 is 12.2. The first-order valence-electron chi connectivity index (χ1n) is 9.14. The lowest BCUT2D eigenvalue weighted by Crippen LogP contribution is -2.23. The van der Waals surface area contributed by atoms with Gasteiger partial charge in [0.25, 0.3) is 5.56 Å². The zero-order valence-corrected chi connectivity index (χ0v) is 17.4. The first-order chi connectivity index (χ1) is 14.4. The Morgan fingerprint density at radius 3 is 2.73 bits per heavy atom. The Labute approximate surface area is 181 Å². The lowest BCUT2D eigenvalue weighted by atomic mass is 10.1. The maximum Gasteiger partial charge on any atom is 0.261 e. The summed E-state index contributed by atoms with van der Waals surface area (Å²) in [5.41, 5.74) is 7.93. The van der Waals surface area contributed by atoms with Gasteiger partial charge < -0.3 is 11.1 Å². The van der Waals surface area contributed by atoms with Crippen LogP contribution in [0.2, 0.25) is 10.0 Å². The Balaban J connectivity index is 1.69. The van der Waals surface area contributed by atoms with Crippen LogP contribution in [0, 0.1) is 0 Å². The van der Waals surface area contributed by atoms with Crippen LogP contribution in [0.25, 0.3) is 10.9 Å². The minimum Gasteiger partial charge on any atom is -0.368 e. The van der Waals surface area contributed by atoms with Gasteiger partial charge in [0.05, 0.1) is 28.8 Å². The van der Waals surface area contributed by atoms with E-state index < -0.39 is 0 Å². The van der Waals surface area contributed by atoms with Crippen molar-refractivity contribution >= 4 is 51.7 Å². The second-order valence-electron chi connectivity index (χ2n) is 6.53.